The molecule has 7 heteroatoms. The summed E-state index contributed by atoms with van der Waals surface area (Å²) < 4.78 is 39.9. The number of hydrogen-bond acceptors (Lipinski definition) is 3. The Morgan fingerprint density at radius 1 is 1.00 bits per heavy atom. The lowest BCUT2D eigenvalue weighted by Gasteiger charge is -2.20. The van der Waals surface area contributed by atoms with Crippen LogP contribution in [-0.4, -0.2) is 20.6 Å². The highest BCUT2D eigenvalue weighted by atomic mass is 32.2. The second kappa shape index (κ2) is 8.54. The second-order valence-corrected chi connectivity index (χ2v) is 11.0. The molecule has 0 aliphatic carbocycles. The van der Waals surface area contributed by atoms with Crippen LogP contribution >= 0.6 is 0 Å². The van der Waals surface area contributed by atoms with E-state index in [2.05, 4.69) is 42.9 Å². The van der Waals surface area contributed by atoms with E-state index < -0.39 is 21.9 Å². The number of carbonyl (C=O) groups is 1. The molecule has 0 aliphatic heterocycles. The molecular weight excluding hydrogens is 427 g/mol. The van der Waals surface area contributed by atoms with Crippen LogP contribution in [0.4, 0.5) is 10.1 Å². The van der Waals surface area contributed by atoms with Crippen molar-refractivity contribution in [1.29, 1.82) is 0 Å². The Bertz CT molecular complexity index is 1290. The summed E-state index contributed by atoms with van der Waals surface area (Å²) in [5, 5.41) is 4.84. The van der Waals surface area contributed by atoms with Crippen LogP contribution in [0.25, 0.3) is 10.8 Å². The van der Waals surface area contributed by atoms with E-state index in [1.807, 2.05) is 18.2 Å². The topological polar surface area (TPSA) is 75.3 Å². The Hall–Kier alpha value is -2.93. The van der Waals surface area contributed by atoms with Crippen LogP contribution in [0, 0.1) is 12.7 Å². The van der Waals surface area contributed by atoms with E-state index in [4.69, 9.17) is 0 Å². The number of fused-ring (bicyclic) bond motifs is 1. The standard InChI is InChI=1S/C25H29FN2O3S/c1-15-11-21(22(26)14-23(15)28-32(6,30)31)16(2)27-24(29)19-8-7-18-13-20(25(3,4)5)10-9-17(18)12-19/h7-14,16,28H,1-6H3,(H,27,29)/t16-/m0/s1. The number of rotatable bonds is 5. The summed E-state index contributed by atoms with van der Waals surface area (Å²) in [6, 6.07) is 13.8. The highest BCUT2D eigenvalue weighted by Crippen LogP contribution is 2.28. The van der Waals surface area contributed by atoms with Gasteiger partial charge in [0.2, 0.25) is 10.0 Å². The minimum Gasteiger partial charge on any atom is -0.345 e. The Kier molecular flexibility index (Phi) is 6.33. The monoisotopic (exact) mass is 456 g/mol. The lowest BCUT2D eigenvalue weighted by molar-refractivity contribution is 0.0939. The summed E-state index contributed by atoms with van der Waals surface area (Å²) in [4.78, 5) is 12.8. The van der Waals surface area contributed by atoms with Gasteiger partial charge in [-0.15, -0.1) is 0 Å². The Balaban J connectivity index is 1.82. The number of hydrogen-bond donors (Lipinski definition) is 2. The molecule has 0 heterocycles. The SMILES string of the molecule is Cc1cc([C@H](C)NC(=O)c2ccc3cc(C(C)(C)C)ccc3c2)c(F)cc1NS(C)(=O)=O. The van der Waals surface area contributed by atoms with Crippen molar-refractivity contribution in [2.24, 2.45) is 0 Å². The van der Waals surface area contributed by atoms with E-state index in [0.29, 0.717) is 11.1 Å². The number of amides is 1. The number of carbonyl (C=O) groups excluding carboxylic acids is 1. The van der Waals surface area contributed by atoms with Crippen molar-refractivity contribution in [1.82, 2.24) is 5.32 Å². The molecule has 0 fully saturated rings. The van der Waals surface area contributed by atoms with Crippen LogP contribution in [0.2, 0.25) is 0 Å². The molecule has 0 spiro atoms. The largest absolute Gasteiger partial charge is 0.345 e. The summed E-state index contributed by atoms with van der Waals surface area (Å²) in [6.45, 7) is 9.84. The van der Waals surface area contributed by atoms with Gasteiger partial charge in [0.05, 0.1) is 18.0 Å². The molecule has 0 bridgehead atoms. The van der Waals surface area contributed by atoms with Crippen LogP contribution < -0.4 is 10.0 Å². The van der Waals surface area contributed by atoms with Crippen molar-refractivity contribution in [3.8, 4) is 0 Å². The molecule has 0 aliphatic rings. The van der Waals surface area contributed by atoms with E-state index in [1.165, 1.54) is 5.56 Å². The molecule has 1 atom stereocenters. The fourth-order valence-corrected chi connectivity index (χ4v) is 4.18. The van der Waals surface area contributed by atoms with Crippen molar-refractivity contribution < 1.29 is 17.6 Å². The van der Waals surface area contributed by atoms with Crippen LogP contribution in [0.3, 0.4) is 0 Å². The van der Waals surface area contributed by atoms with E-state index in [-0.39, 0.29) is 22.6 Å². The molecule has 0 saturated heterocycles. The number of nitrogens with one attached hydrogen (secondary N) is 2. The summed E-state index contributed by atoms with van der Waals surface area (Å²) in [5.41, 5.74) is 2.76. The maximum Gasteiger partial charge on any atom is 0.251 e. The highest BCUT2D eigenvalue weighted by molar-refractivity contribution is 7.92. The first-order valence-electron chi connectivity index (χ1n) is 10.4. The number of halogens is 1. The quantitative estimate of drug-likeness (QED) is 0.536. The normalized spacial score (nSPS) is 13.1. The van der Waals surface area contributed by atoms with E-state index in [0.717, 1.165) is 23.1 Å². The molecule has 3 aromatic rings. The van der Waals surface area contributed by atoms with Crippen molar-refractivity contribution >= 4 is 32.4 Å². The van der Waals surface area contributed by atoms with Gasteiger partial charge < -0.3 is 5.32 Å². The molecule has 5 nitrogen and oxygen atoms in total. The molecule has 3 aromatic carbocycles. The maximum atomic E-state index is 14.7. The molecular formula is C25H29FN2O3S. The summed E-state index contributed by atoms with van der Waals surface area (Å²) in [7, 11) is -3.52. The van der Waals surface area contributed by atoms with E-state index in [1.54, 1.807) is 26.0 Å². The molecule has 170 valence electrons. The van der Waals surface area contributed by atoms with Crippen LogP contribution in [0.1, 0.15) is 60.8 Å². The molecule has 0 saturated carbocycles. The fourth-order valence-electron chi connectivity index (χ4n) is 3.56. The van der Waals surface area contributed by atoms with Gasteiger partial charge in [0.25, 0.3) is 5.91 Å². The predicted molar refractivity (Wildman–Crippen MR) is 128 cm³/mol. The second-order valence-electron chi connectivity index (χ2n) is 9.28. The van der Waals surface area contributed by atoms with Crippen molar-refractivity contribution in [3.05, 3.63) is 76.6 Å². The minimum absolute atomic E-state index is 0.0360. The molecule has 0 unspecified atom stereocenters. The predicted octanol–water partition coefficient (Wildman–Crippen LogP) is 5.45. The molecule has 3 rings (SSSR count). The first-order chi connectivity index (χ1) is 14.7. The van der Waals surface area contributed by atoms with Gasteiger partial charge in [-0.25, -0.2) is 12.8 Å². The van der Waals surface area contributed by atoms with Crippen molar-refractivity contribution in [3.63, 3.8) is 0 Å². The van der Waals surface area contributed by atoms with Gasteiger partial charge >= 0.3 is 0 Å². The number of aryl methyl sites for hydroxylation is 1. The minimum atomic E-state index is -3.52. The van der Waals surface area contributed by atoms with Crippen LogP contribution in [-0.2, 0) is 15.4 Å². The van der Waals surface area contributed by atoms with Gasteiger partial charge in [-0.2, -0.15) is 0 Å². The molecule has 2 N–H and O–H groups in total. The Morgan fingerprint density at radius 2 is 1.62 bits per heavy atom. The summed E-state index contributed by atoms with van der Waals surface area (Å²) >= 11 is 0. The smallest absolute Gasteiger partial charge is 0.251 e. The van der Waals surface area contributed by atoms with Gasteiger partial charge in [0, 0.05) is 11.1 Å². The van der Waals surface area contributed by atoms with Gasteiger partial charge in [-0.05, 0) is 65.4 Å². The number of anilines is 1. The summed E-state index contributed by atoms with van der Waals surface area (Å²) in [5.74, 6) is -0.905. The third kappa shape index (κ3) is 5.46. The molecule has 32 heavy (non-hydrogen) atoms. The van der Waals surface area contributed by atoms with Crippen LogP contribution in [0.5, 0.6) is 0 Å². The Morgan fingerprint density at radius 3 is 2.25 bits per heavy atom. The third-order valence-electron chi connectivity index (χ3n) is 5.42. The van der Waals surface area contributed by atoms with Gasteiger partial charge in [-0.3, -0.25) is 9.52 Å². The first kappa shape index (κ1) is 23.7. The number of sulfonamides is 1. The fraction of sp³-hybridized carbons (Fsp3) is 0.320. The van der Waals surface area contributed by atoms with Gasteiger partial charge in [-0.1, -0.05) is 45.0 Å². The molecule has 0 radical (unpaired) electrons. The van der Waals surface area contributed by atoms with E-state index in [9.17, 15) is 17.6 Å². The zero-order chi connectivity index (χ0) is 23.8. The van der Waals surface area contributed by atoms with Gasteiger partial charge in [0.1, 0.15) is 5.82 Å². The van der Waals surface area contributed by atoms with Gasteiger partial charge in [0.15, 0.2) is 0 Å². The maximum absolute atomic E-state index is 14.7. The van der Waals surface area contributed by atoms with Crippen molar-refractivity contribution in [2.45, 2.75) is 46.1 Å². The zero-order valence-electron chi connectivity index (χ0n) is 19.2. The van der Waals surface area contributed by atoms with E-state index >= 15 is 0 Å². The molecule has 1 amide bonds. The van der Waals surface area contributed by atoms with Crippen molar-refractivity contribution in [2.75, 3.05) is 11.0 Å². The average Bonchev–Trinajstić information content (AvgIpc) is 2.67. The lowest BCUT2D eigenvalue weighted by Crippen LogP contribution is -2.27. The van der Waals surface area contributed by atoms with Crippen LogP contribution in [0.15, 0.2) is 48.5 Å². The average molecular weight is 457 g/mol. The zero-order valence-corrected chi connectivity index (χ0v) is 20.0. The molecule has 0 aromatic heterocycles. The number of benzene rings is 3. The summed E-state index contributed by atoms with van der Waals surface area (Å²) in [6.07, 6.45) is 1.01. The highest BCUT2D eigenvalue weighted by Gasteiger charge is 2.19. The Labute approximate surface area is 189 Å². The third-order valence-corrected chi connectivity index (χ3v) is 6.01. The first-order valence-corrected chi connectivity index (χ1v) is 12.3. The lowest BCUT2D eigenvalue weighted by atomic mass is 9.86.